The van der Waals surface area contributed by atoms with Gasteiger partial charge in [0.2, 0.25) is 5.91 Å². The largest absolute Gasteiger partial charge is 0.396 e. The molecule has 1 fully saturated rings. The molecule has 4 heteroatoms. The molecule has 1 aliphatic rings. The lowest BCUT2D eigenvalue weighted by Crippen LogP contribution is -2.47. The van der Waals surface area contributed by atoms with Crippen molar-refractivity contribution in [3.63, 3.8) is 0 Å². The first kappa shape index (κ1) is 16.2. The van der Waals surface area contributed by atoms with E-state index in [0.29, 0.717) is 19.1 Å². The van der Waals surface area contributed by atoms with Gasteiger partial charge in [0.25, 0.3) is 0 Å². The minimum absolute atomic E-state index is 0.176. The summed E-state index contributed by atoms with van der Waals surface area (Å²) < 4.78 is 0. The topological polar surface area (TPSA) is 43.8 Å². The maximum Gasteiger partial charge on any atom is 0.237 e. The number of carbonyl (C=O) groups excluding carboxylic acids is 1. The Balaban J connectivity index is 2.50. The lowest BCUT2D eigenvalue weighted by Gasteiger charge is -2.38. The van der Waals surface area contributed by atoms with E-state index in [-0.39, 0.29) is 12.5 Å². The van der Waals surface area contributed by atoms with Crippen molar-refractivity contribution < 1.29 is 9.90 Å². The summed E-state index contributed by atoms with van der Waals surface area (Å²) in [6.07, 6.45) is 4.38. The zero-order valence-electron chi connectivity index (χ0n) is 12.4. The molecule has 0 bridgehead atoms. The summed E-state index contributed by atoms with van der Waals surface area (Å²) in [5, 5.41) is 8.96. The standard InChI is InChI=1S/C15H28N2O2/c1-4-16(11-13(2)3)15(19)12-17(9-6-10-18)14-7-5-8-14/h14,18H,2,4-12H2,1,3H3. The second-order valence-corrected chi connectivity index (χ2v) is 5.50. The van der Waals surface area contributed by atoms with E-state index in [1.165, 1.54) is 19.3 Å². The second kappa shape index (κ2) is 8.33. The third kappa shape index (κ3) is 5.33. The van der Waals surface area contributed by atoms with Crippen molar-refractivity contribution in [2.75, 3.05) is 32.8 Å². The van der Waals surface area contributed by atoms with Gasteiger partial charge in [-0.2, -0.15) is 0 Å². The summed E-state index contributed by atoms with van der Waals surface area (Å²) in [7, 11) is 0. The third-order valence-corrected chi connectivity index (χ3v) is 3.73. The first-order valence-corrected chi connectivity index (χ1v) is 7.35. The Bertz CT molecular complexity index is 301. The molecule has 0 spiro atoms. The van der Waals surface area contributed by atoms with Gasteiger partial charge in [-0.15, -0.1) is 0 Å². The Morgan fingerprint density at radius 3 is 2.47 bits per heavy atom. The van der Waals surface area contributed by atoms with Gasteiger partial charge in [0, 0.05) is 32.3 Å². The zero-order valence-corrected chi connectivity index (χ0v) is 12.4. The number of amides is 1. The first-order valence-electron chi connectivity index (χ1n) is 7.35. The van der Waals surface area contributed by atoms with E-state index in [0.717, 1.165) is 25.1 Å². The second-order valence-electron chi connectivity index (χ2n) is 5.50. The molecule has 1 rings (SSSR count). The van der Waals surface area contributed by atoms with Gasteiger partial charge in [-0.3, -0.25) is 9.69 Å². The van der Waals surface area contributed by atoms with E-state index in [1.807, 2.05) is 18.7 Å². The Labute approximate surface area is 117 Å². The minimum atomic E-state index is 0.176. The number of hydrogen-bond donors (Lipinski definition) is 1. The van der Waals surface area contributed by atoms with Crippen molar-refractivity contribution in [2.24, 2.45) is 0 Å². The van der Waals surface area contributed by atoms with Crippen LogP contribution >= 0.6 is 0 Å². The van der Waals surface area contributed by atoms with Gasteiger partial charge in [-0.05, 0) is 33.1 Å². The van der Waals surface area contributed by atoms with E-state index in [9.17, 15) is 4.79 Å². The van der Waals surface area contributed by atoms with Crippen LogP contribution in [-0.2, 0) is 4.79 Å². The molecule has 1 saturated carbocycles. The summed E-state index contributed by atoms with van der Waals surface area (Å²) in [4.78, 5) is 16.4. The number of hydrogen-bond acceptors (Lipinski definition) is 3. The zero-order chi connectivity index (χ0) is 14.3. The fraction of sp³-hybridized carbons (Fsp3) is 0.800. The van der Waals surface area contributed by atoms with Crippen LogP contribution in [0, 0.1) is 0 Å². The minimum Gasteiger partial charge on any atom is -0.396 e. The fourth-order valence-corrected chi connectivity index (χ4v) is 2.39. The van der Waals surface area contributed by atoms with Crippen LogP contribution in [-0.4, -0.2) is 59.6 Å². The Kier molecular flexibility index (Phi) is 7.10. The summed E-state index contributed by atoms with van der Waals surface area (Å²) in [6.45, 7) is 10.7. The lowest BCUT2D eigenvalue weighted by molar-refractivity contribution is -0.133. The highest BCUT2D eigenvalue weighted by atomic mass is 16.3. The molecule has 0 radical (unpaired) electrons. The molecular formula is C15H28N2O2. The van der Waals surface area contributed by atoms with E-state index in [2.05, 4.69) is 11.5 Å². The molecule has 1 amide bonds. The number of carbonyl (C=O) groups is 1. The van der Waals surface area contributed by atoms with Gasteiger partial charge < -0.3 is 10.0 Å². The summed E-state index contributed by atoms with van der Waals surface area (Å²) in [5.74, 6) is 0.176. The average molecular weight is 268 g/mol. The van der Waals surface area contributed by atoms with Crippen LogP contribution in [0.4, 0.5) is 0 Å². The maximum absolute atomic E-state index is 12.3. The molecular weight excluding hydrogens is 240 g/mol. The van der Waals surface area contributed by atoms with Crippen molar-refractivity contribution in [1.29, 1.82) is 0 Å². The van der Waals surface area contributed by atoms with E-state index in [1.54, 1.807) is 0 Å². The van der Waals surface area contributed by atoms with Crippen LogP contribution < -0.4 is 0 Å². The predicted octanol–water partition coefficient (Wildman–Crippen LogP) is 1.65. The van der Waals surface area contributed by atoms with Crippen LogP contribution in [0.3, 0.4) is 0 Å². The maximum atomic E-state index is 12.3. The van der Waals surface area contributed by atoms with Crippen molar-refractivity contribution in [1.82, 2.24) is 9.80 Å². The number of likely N-dealkylation sites (N-methyl/N-ethyl adjacent to an activating group) is 1. The third-order valence-electron chi connectivity index (χ3n) is 3.73. The van der Waals surface area contributed by atoms with Crippen LogP contribution in [0.1, 0.15) is 39.5 Å². The first-order chi connectivity index (χ1) is 9.08. The average Bonchev–Trinajstić information content (AvgIpc) is 2.30. The lowest BCUT2D eigenvalue weighted by atomic mass is 9.91. The molecule has 0 saturated heterocycles. The van der Waals surface area contributed by atoms with E-state index in [4.69, 9.17) is 5.11 Å². The smallest absolute Gasteiger partial charge is 0.237 e. The Morgan fingerprint density at radius 2 is 2.05 bits per heavy atom. The molecule has 4 nitrogen and oxygen atoms in total. The summed E-state index contributed by atoms with van der Waals surface area (Å²) in [6, 6.07) is 0.541. The molecule has 1 aliphatic carbocycles. The molecule has 110 valence electrons. The molecule has 0 unspecified atom stereocenters. The predicted molar refractivity (Wildman–Crippen MR) is 78.0 cm³/mol. The molecule has 1 N–H and O–H groups in total. The van der Waals surface area contributed by atoms with E-state index >= 15 is 0 Å². The van der Waals surface area contributed by atoms with Gasteiger partial charge in [-0.25, -0.2) is 0 Å². The van der Waals surface area contributed by atoms with Crippen LogP contribution in [0.15, 0.2) is 12.2 Å². The van der Waals surface area contributed by atoms with Gasteiger partial charge in [-0.1, -0.05) is 18.6 Å². The number of aliphatic hydroxyl groups is 1. The van der Waals surface area contributed by atoms with Gasteiger partial charge in [0.1, 0.15) is 0 Å². The van der Waals surface area contributed by atoms with Gasteiger partial charge in [0.15, 0.2) is 0 Å². The highest BCUT2D eigenvalue weighted by molar-refractivity contribution is 5.78. The molecule has 0 aromatic rings. The molecule has 0 heterocycles. The quantitative estimate of drug-likeness (QED) is 0.647. The fourth-order valence-electron chi connectivity index (χ4n) is 2.39. The van der Waals surface area contributed by atoms with Crippen molar-refractivity contribution >= 4 is 5.91 Å². The highest BCUT2D eigenvalue weighted by Crippen LogP contribution is 2.24. The number of aliphatic hydroxyl groups excluding tert-OH is 1. The van der Waals surface area contributed by atoms with Crippen LogP contribution in [0.5, 0.6) is 0 Å². The Morgan fingerprint density at radius 1 is 1.37 bits per heavy atom. The van der Waals surface area contributed by atoms with Crippen LogP contribution in [0.25, 0.3) is 0 Å². The van der Waals surface area contributed by atoms with Crippen molar-refractivity contribution in [3.8, 4) is 0 Å². The van der Waals surface area contributed by atoms with Crippen LogP contribution in [0.2, 0.25) is 0 Å². The Hall–Kier alpha value is -0.870. The molecule has 0 aliphatic heterocycles. The summed E-state index contributed by atoms with van der Waals surface area (Å²) >= 11 is 0. The normalized spacial score (nSPS) is 15.4. The molecule has 19 heavy (non-hydrogen) atoms. The highest BCUT2D eigenvalue weighted by Gasteiger charge is 2.27. The number of rotatable bonds is 9. The van der Waals surface area contributed by atoms with Crippen molar-refractivity contribution in [3.05, 3.63) is 12.2 Å². The monoisotopic (exact) mass is 268 g/mol. The number of nitrogens with zero attached hydrogens (tertiary/aromatic N) is 2. The van der Waals surface area contributed by atoms with Gasteiger partial charge >= 0.3 is 0 Å². The molecule has 0 aromatic heterocycles. The molecule has 0 atom stereocenters. The van der Waals surface area contributed by atoms with Crippen molar-refractivity contribution in [2.45, 2.75) is 45.6 Å². The SMILES string of the molecule is C=C(C)CN(CC)C(=O)CN(CCCO)C1CCC1. The van der Waals surface area contributed by atoms with E-state index < -0.39 is 0 Å². The van der Waals surface area contributed by atoms with Gasteiger partial charge in [0.05, 0.1) is 6.54 Å². The summed E-state index contributed by atoms with van der Waals surface area (Å²) in [5.41, 5.74) is 1.01. The molecule has 0 aromatic carbocycles.